The number of nitrogen functional groups attached to an aromatic ring is 1. The predicted molar refractivity (Wildman–Crippen MR) is 73.2 cm³/mol. The molecule has 2 aromatic rings. The summed E-state index contributed by atoms with van der Waals surface area (Å²) >= 11 is 0. The molecule has 6 heteroatoms. The predicted octanol–water partition coefficient (Wildman–Crippen LogP) is 2.30. The molecule has 1 aliphatic heterocycles. The van der Waals surface area contributed by atoms with E-state index in [1.54, 1.807) is 16.8 Å². The number of hydrogen-bond acceptors (Lipinski definition) is 4. The van der Waals surface area contributed by atoms with Gasteiger partial charge in [-0.2, -0.15) is 4.98 Å². The van der Waals surface area contributed by atoms with Crippen LogP contribution in [0.3, 0.4) is 0 Å². The first-order valence-corrected chi connectivity index (χ1v) is 6.62. The molecule has 106 valence electrons. The minimum atomic E-state index is -0.238. The summed E-state index contributed by atoms with van der Waals surface area (Å²) in [6.45, 7) is 2.67. The van der Waals surface area contributed by atoms with E-state index in [9.17, 15) is 4.39 Å². The summed E-state index contributed by atoms with van der Waals surface area (Å²) in [7, 11) is 1.53. The molecule has 2 heterocycles. The maximum Gasteiger partial charge on any atom is 0.239 e. The molecule has 0 saturated carbocycles. The van der Waals surface area contributed by atoms with Crippen molar-refractivity contribution in [3.8, 4) is 5.75 Å². The van der Waals surface area contributed by atoms with Gasteiger partial charge in [-0.3, -0.25) is 0 Å². The van der Waals surface area contributed by atoms with Gasteiger partial charge in [-0.25, -0.2) is 9.07 Å². The van der Waals surface area contributed by atoms with Crippen LogP contribution in [0, 0.1) is 5.82 Å². The van der Waals surface area contributed by atoms with Crippen molar-refractivity contribution in [2.75, 3.05) is 12.8 Å². The highest BCUT2D eigenvalue weighted by atomic mass is 19.1. The topological polar surface area (TPSA) is 66.0 Å². The highest BCUT2D eigenvalue weighted by Gasteiger charge is 2.29. The Labute approximate surface area is 116 Å². The average Bonchev–Trinajstić information content (AvgIpc) is 2.79. The van der Waals surface area contributed by atoms with Gasteiger partial charge in [0.05, 0.1) is 13.7 Å². The fourth-order valence-corrected chi connectivity index (χ4v) is 2.88. The van der Waals surface area contributed by atoms with E-state index in [1.807, 2.05) is 0 Å². The van der Waals surface area contributed by atoms with Crippen LogP contribution < -0.4 is 10.5 Å². The van der Waals surface area contributed by atoms with Crippen LogP contribution in [-0.2, 0) is 6.54 Å². The summed E-state index contributed by atoms with van der Waals surface area (Å²) in [5.41, 5.74) is 6.33. The van der Waals surface area contributed by atoms with Crippen LogP contribution in [0.4, 0.5) is 10.3 Å². The minimum absolute atomic E-state index is 0.0736. The molecule has 2 unspecified atom stereocenters. The van der Waals surface area contributed by atoms with Crippen molar-refractivity contribution in [1.82, 2.24) is 14.8 Å². The van der Waals surface area contributed by atoms with Gasteiger partial charge in [0.1, 0.15) is 17.4 Å². The lowest BCUT2D eigenvalue weighted by molar-refractivity contribution is 0.371. The lowest BCUT2D eigenvalue weighted by atomic mass is 9.86. The Kier molecular flexibility index (Phi) is 3.08. The molecule has 0 bridgehead atoms. The third kappa shape index (κ3) is 2.11. The lowest BCUT2D eigenvalue weighted by Crippen LogP contribution is -2.23. The van der Waals surface area contributed by atoms with Gasteiger partial charge < -0.3 is 10.5 Å². The molecule has 5 nitrogen and oxygen atoms in total. The maximum atomic E-state index is 14.2. The highest BCUT2D eigenvalue weighted by molar-refractivity contribution is 5.32. The van der Waals surface area contributed by atoms with Crippen LogP contribution in [0.15, 0.2) is 18.2 Å². The number of rotatable bonds is 2. The number of hydrogen-bond donors (Lipinski definition) is 1. The van der Waals surface area contributed by atoms with Gasteiger partial charge in [0.25, 0.3) is 0 Å². The Morgan fingerprint density at radius 1 is 1.45 bits per heavy atom. The summed E-state index contributed by atoms with van der Waals surface area (Å²) < 4.78 is 21.0. The zero-order chi connectivity index (χ0) is 14.3. The van der Waals surface area contributed by atoms with Gasteiger partial charge in [-0.15, -0.1) is 5.10 Å². The quantitative estimate of drug-likeness (QED) is 0.914. The molecule has 2 N–H and O–H groups in total. The van der Waals surface area contributed by atoms with Crippen molar-refractivity contribution >= 4 is 5.95 Å². The molecule has 20 heavy (non-hydrogen) atoms. The molecule has 0 spiro atoms. The van der Waals surface area contributed by atoms with Crippen LogP contribution in [0.1, 0.15) is 36.6 Å². The number of nitrogens with two attached hydrogens (primary N) is 1. The third-order valence-corrected chi connectivity index (χ3v) is 3.84. The first kappa shape index (κ1) is 12.9. The Hall–Kier alpha value is -2.11. The Bertz CT molecular complexity index is 640. The number of nitrogens with zero attached hydrogens (tertiary/aromatic N) is 3. The zero-order valence-corrected chi connectivity index (χ0v) is 11.5. The van der Waals surface area contributed by atoms with E-state index in [0.29, 0.717) is 17.9 Å². The first-order chi connectivity index (χ1) is 9.58. The van der Waals surface area contributed by atoms with E-state index >= 15 is 0 Å². The van der Waals surface area contributed by atoms with Gasteiger partial charge >= 0.3 is 0 Å². The standard InChI is InChI=1S/C14H17FN4O/c1-8-5-9(7-19-13(8)17-14(16)18-19)11-4-3-10(20-2)6-12(11)15/h3-4,6,8-9H,5,7H2,1-2H3,(H2,16,18). The van der Waals surface area contributed by atoms with Crippen molar-refractivity contribution in [2.24, 2.45) is 0 Å². The van der Waals surface area contributed by atoms with Gasteiger partial charge in [-0.1, -0.05) is 13.0 Å². The van der Waals surface area contributed by atoms with Crippen LogP contribution in [0.25, 0.3) is 0 Å². The summed E-state index contributed by atoms with van der Waals surface area (Å²) in [5.74, 6) is 1.74. The van der Waals surface area contributed by atoms with E-state index in [-0.39, 0.29) is 23.6 Å². The number of fused-ring (bicyclic) bond motifs is 1. The number of ether oxygens (including phenoxy) is 1. The van der Waals surface area contributed by atoms with E-state index < -0.39 is 0 Å². The number of aromatic nitrogens is 3. The normalized spacial score (nSPS) is 21.6. The Morgan fingerprint density at radius 3 is 2.95 bits per heavy atom. The Balaban J connectivity index is 1.93. The van der Waals surface area contributed by atoms with Crippen LogP contribution in [-0.4, -0.2) is 21.9 Å². The number of halogens is 1. The van der Waals surface area contributed by atoms with Crippen molar-refractivity contribution in [2.45, 2.75) is 31.7 Å². The van der Waals surface area contributed by atoms with E-state index in [2.05, 4.69) is 17.0 Å². The molecule has 2 atom stereocenters. The molecule has 0 radical (unpaired) electrons. The number of anilines is 1. The molecular weight excluding hydrogens is 259 g/mol. The van der Waals surface area contributed by atoms with Gasteiger partial charge in [0.2, 0.25) is 5.95 Å². The second-order valence-electron chi connectivity index (χ2n) is 5.23. The fourth-order valence-electron chi connectivity index (χ4n) is 2.88. The zero-order valence-electron chi connectivity index (χ0n) is 11.5. The van der Waals surface area contributed by atoms with Crippen molar-refractivity contribution in [3.63, 3.8) is 0 Å². The van der Waals surface area contributed by atoms with Gasteiger partial charge in [-0.05, 0) is 18.1 Å². The van der Waals surface area contributed by atoms with Gasteiger partial charge in [0, 0.05) is 17.9 Å². The highest BCUT2D eigenvalue weighted by Crippen LogP contribution is 2.37. The van der Waals surface area contributed by atoms with Crippen LogP contribution in [0.5, 0.6) is 5.75 Å². The van der Waals surface area contributed by atoms with Crippen molar-refractivity contribution in [1.29, 1.82) is 0 Å². The third-order valence-electron chi connectivity index (χ3n) is 3.84. The molecule has 0 aliphatic carbocycles. The monoisotopic (exact) mass is 276 g/mol. The molecule has 0 fully saturated rings. The second kappa shape index (κ2) is 4.77. The van der Waals surface area contributed by atoms with Crippen molar-refractivity contribution < 1.29 is 9.13 Å². The van der Waals surface area contributed by atoms with E-state index in [0.717, 1.165) is 12.2 Å². The molecule has 3 rings (SSSR count). The van der Waals surface area contributed by atoms with E-state index in [1.165, 1.54) is 13.2 Å². The van der Waals surface area contributed by atoms with Crippen LogP contribution in [0.2, 0.25) is 0 Å². The van der Waals surface area contributed by atoms with Crippen molar-refractivity contribution in [3.05, 3.63) is 35.4 Å². The largest absolute Gasteiger partial charge is 0.497 e. The number of benzene rings is 1. The average molecular weight is 276 g/mol. The molecular formula is C14H17FN4O. The molecule has 1 aromatic carbocycles. The SMILES string of the molecule is COc1ccc(C2CC(C)c3nc(N)nn3C2)c(F)c1. The molecule has 1 aliphatic rings. The summed E-state index contributed by atoms with van der Waals surface area (Å²) in [4.78, 5) is 4.23. The maximum absolute atomic E-state index is 14.2. The first-order valence-electron chi connectivity index (χ1n) is 6.62. The summed E-state index contributed by atoms with van der Waals surface area (Å²) in [5, 5.41) is 4.18. The summed E-state index contributed by atoms with van der Waals surface area (Å²) in [6, 6.07) is 5.00. The molecule has 1 aromatic heterocycles. The van der Waals surface area contributed by atoms with Gasteiger partial charge in [0.15, 0.2) is 0 Å². The molecule has 0 saturated heterocycles. The second-order valence-corrected chi connectivity index (χ2v) is 5.23. The fraction of sp³-hybridized carbons (Fsp3) is 0.429. The molecule has 0 amide bonds. The Morgan fingerprint density at radius 2 is 2.25 bits per heavy atom. The lowest BCUT2D eigenvalue weighted by Gasteiger charge is -2.27. The van der Waals surface area contributed by atoms with E-state index in [4.69, 9.17) is 10.5 Å². The minimum Gasteiger partial charge on any atom is -0.497 e. The number of methoxy groups -OCH3 is 1. The smallest absolute Gasteiger partial charge is 0.239 e. The summed E-state index contributed by atoms with van der Waals surface area (Å²) in [6.07, 6.45) is 0.835. The van der Waals surface area contributed by atoms with Crippen LogP contribution >= 0.6 is 0 Å².